The topological polar surface area (TPSA) is 44.7 Å². The van der Waals surface area contributed by atoms with Crippen molar-refractivity contribution in [2.75, 3.05) is 36.5 Å². The van der Waals surface area contributed by atoms with Crippen LogP contribution in [-0.4, -0.2) is 31.4 Å². The van der Waals surface area contributed by atoms with E-state index in [2.05, 4.69) is 28.4 Å². The summed E-state index contributed by atoms with van der Waals surface area (Å²) in [5.41, 5.74) is 3.17. The largest absolute Gasteiger partial charge is 0.508 e. The Morgan fingerprint density at radius 2 is 1.71 bits per heavy atom. The van der Waals surface area contributed by atoms with Crippen molar-refractivity contribution in [2.24, 2.45) is 0 Å². The number of nitrogens with one attached hydrogen (secondary N) is 1. The minimum Gasteiger partial charge on any atom is -0.508 e. The van der Waals surface area contributed by atoms with E-state index >= 15 is 0 Å². The third-order valence-corrected chi connectivity index (χ3v) is 3.72. The highest BCUT2D eigenvalue weighted by Crippen LogP contribution is 2.27. The fourth-order valence-electron chi connectivity index (χ4n) is 2.55. The number of nitrogens with zero attached hydrogens (tertiary/aromatic N) is 1. The van der Waals surface area contributed by atoms with E-state index < -0.39 is 0 Å². The third-order valence-electron chi connectivity index (χ3n) is 3.72. The van der Waals surface area contributed by atoms with Crippen molar-refractivity contribution in [3.63, 3.8) is 0 Å². The molecule has 2 aromatic rings. The number of benzene rings is 2. The lowest BCUT2D eigenvalue weighted by Gasteiger charge is -2.30. The Hall–Kier alpha value is -2.20. The highest BCUT2D eigenvalue weighted by atomic mass is 16.5. The van der Waals surface area contributed by atoms with Crippen molar-refractivity contribution >= 4 is 11.4 Å². The summed E-state index contributed by atoms with van der Waals surface area (Å²) < 4.78 is 5.41. The lowest BCUT2D eigenvalue weighted by Crippen LogP contribution is -2.36. The van der Waals surface area contributed by atoms with Crippen molar-refractivity contribution in [1.29, 1.82) is 0 Å². The van der Waals surface area contributed by atoms with Gasteiger partial charge in [-0.15, -0.1) is 0 Å². The summed E-state index contributed by atoms with van der Waals surface area (Å²) in [7, 11) is 0. The van der Waals surface area contributed by atoms with Gasteiger partial charge in [-0.1, -0.05) is 30.3 Å². The second-order valence-electron chi connectivity index (χ2n) is 5.10. The standard InChI is InChI=1S/C17H20N2O2/c20-17-8-4-1-5-14(17)13-18-15-6-2-3-7-16(15)19-9-11-21-12-10-19/h1-8,18,20H,9-13H2. The first-order chi connectivity index (χ1) is 10.3. The maximum absolute atomic E-state index is 9.84. The summed E-state index contributed by atoms with van der Waals surface area (Å²) in [4.78, 5) is 2.33. The van der Waals surface area contributed by atoms with Crippen molar-refractivity contribution in [2.45, 2.75) is 6.54 Å². The molecule has 4 nitrogen and oxygen atoms in total. The van der Waals surface area contributed by atoms with Crippen LogP contribution < -0.4 is 10.2 Å². The molecule has 1 fully saturated rings. The monoisotopic (exact) mass is 284 g/mol. The molecule has 0 spiro atoms. The number of rotatable bonds is 4. The highest BCUT2D eigenvalue weighted by Gasteiger charge is 2.14. The Morgan fingerprint density at radius 1 is 1.00 bits per heavy atom. The molecule has 110 valence electrons. The first-order valence-corrected chi connectivity index (χ1v) is 7.27. The molecule has 1 aliphatic rings. The van der Waals surface area contributed by atoms with Gasteiger partial charge < -0.3 is 20.1 Å². The molecule has 0 atom stereocenters. The van der Waals surface area contributed by atoms with Crippen LogP contribution in [0.5, 0.6) is 5.75 Å². The van der Waals surface area contributed by atoms with Crippen LogP contribution >= 0.6 is 0 Å². The molecular weight excluding hydrogens is 264 g/mol. The maximum atomic E-state index is 9.84. The predicted molar refractivity (Wildman–Crippen MR) is 84.9 cm³/mol. The van der Waals surface area contributed by atoms with Crippen LogP contribution in [0.2, 0.25) is 0 Å². The van der Waals surface area contributed by atoms with E-state index in [9.17, 15) is 5.11 Å². The van der Waals surface area contributed by atoms with E-state index in [1.807, 2.05) is 24.3 Å². The number of morpholine rings is 1. The number of aromatic hydroxyl groups is 1. The maximum Gasteiger partial charge on any atom is 0.120 e. The summed E-state index contributed by atoms with van der Waals surface area (Å²) in [6, 6.07) is 15.7. The van der Waals surface area contributed by atoms with Gasteiger partial charge in [-0.05, 0) is 18.2 Å². The molecule has 2 aromatic carbocycles. The number of phenolic OH excluding ortho intramolecular Hbond substituents is 1. The van der Waals surface area contributed by atoms with E-state index in [-0.39, 0.29) is 0 Å². The molecule has 0 aromatic heterocycles. The van der Waals surface area contributed by atoms with Crippen molar-refractivity contribution in [3.05, 3.63) is 54.1 Å². The fraction of sp³-hybridized carbons (Fsp3) is 0.294. The minimum atomic E-state index is 0.328. The molecule has 1 saturated heterocycles. The summed E-state index contributed by atoms with van der Waals surface area (Å²) in [5.74, 6) is 0.328. The Morgan fingerprint density at radius 3 is 2.52 bits per heavy atom. The number of para-hydroxylation sites is 3. The van der Waals surface area contributed by atoms with Crippen molar-refractivity contribution in [3.8, 4) is 5.75 Å². The Bertz CT molecular complexity index is 595. The van der Waals surface area contributed by atoms with Gasteiger partial charge in [0.2, 0.25) is 0 Å². The second-order valence-corrected chi connectivity index (χ2v) is 5.10. The van der Waals surface area contributed by atoms with Crippen LogP contribution in [0.1, 0.15) is 5.56 Å². The van der Waals surface area contributed by atoms with Gasteiger partial charge in [0.25, 0.3) is 0 Å². The Balaban J connectivity index is 1.74. The number of phenols is 1. The first-order valence-electron chi connectivity index (χ1n) is 7.27. The molecule has 1 heterocycles. The zero-order valence-corrected chi connectivity index (χ0v) is 12.0. The van der Waals surface area contributed by atoms with Gasteiger partial charge >= 0.3 is 0 Å². The molecule has 0 radical (unpaired) electrons. The van der Waals surface area contributed by atoms with E-state index in [1.54, 1.807) is 6.07 Å². The van der Waals surface area contributed by atoms with Gasteiger partial charge in [-0.25, -0.2) is 0 Å². The van der Waals surface area contributed by atoms with Crippen LogP contribution in [0, 0.1) is 0 Å². The Labute approximate surface area is 125 Å². The molecule has 0 bridgehead atoms. The fourth-order valence-corrected chi connectivity index (χ4v) is 2.55. The molecule has 2 N–H and O–H groups in total. The average molecular weight is 284 g/mol. The van der Waals surface area contributed by atoms with Gasteiger partial charge in [0.05, 0.1) is 24.6 Å². The number of hydrogen-bond donors (Lipinski definition) is 2. The molecule has 3 rings (SSSR count). The number of hydrogen-bond acceptors (Lipinski definition) is 4. The number of ether oxygens (including phenoxy) is 1. The molecule has 0 amide bonds. The quantitative estimate of drug-likeness (QED) is 0.906. The van der Waals surface area contributed by atoms with E-state index in [0.29, 0.717) is 12.3 Å². The van der Waals surface area contributed by atoms with Crippen molar-refractivity contribution in [1.82, 2.24) is 0 Å². The molecule has 21 heavy (non-hydrogen) atoms. The molecule has 0 unspecified atom stereocenters. The molecule has 0 saturated carbocycles. The first kappa shape index (κ1) is 13.8. The average Bonchev–Trinajstić information content (AvgIpc) is 2.55. The zero-order valence-electron chi connectivity index (χ0n) is 12.0. The smallest absolute Gasteiger partial charge is 0.120 e. The van der Waals surface area contributed by atoms with Gasteiger partial charge in [-0.2, -0.15) is 0 Å². The van der Waals surface area contributed by atoms with Crippen LogP contribution in [0.15, 0.2) is 48.5 Å². The van der Waals surface area contributed by atoms with Crippen LogP contribution in [0.3, 0.4) is 0 Å². The zero-order chi connectivity index (χ0) is 14.5. The van der Waals surface area contributed by atoms with Gasteiger partial charge in [0, 0.05) is 25.2 Å². The van der Waals surface area contributed by atoms with E-state index in [1.165, 1.54) is 5.69 Å². The van der Waals surface area contributed by atoms with E-state index in [4.69, 9.17) is 4.74 Å². The Kier molecular flexibility index (Phi) is 4.26. The van der Waals surface area contributed by atoms with Crippen LogP contribution in [0.4, 0.5) is 11.4 Å². The van der Waals surface area contributed by atoms with Gasteiger partial charge in [-0.3, -0.25) is 0 Å². The summed E-state index contributed by atoms with van der Waals surface area (Å²) >= 11 is 0. The summed E-state index contributed by atoms with van der Waals surface area (Å²) in [5, 5.41) is 13.3. The SMILES string of the molecule is Oc1ccccc1CNc1ccccc1N1CCOCC1. The number of anilines is 2. The van der Waals surface area contributed by atoms with Crippen LogP contribution in [0.25, 0.3) is 0 Å². The summed E-state index contributed by atoms with van der Waals surface area (Å²) in [6.07, 6.45) is 0. The molecule has 4 heteroatoms. The minimum absolute atomic E-state index is 0.328. The third kappa shape index (κ3) is 3.28. The van der Waals surface area contributed by atoms with Gasteiger partial charge in [0.1, 0.15) is 5.75 Å². The van der Waals surface area contributed by atoms with E-state index in [0.717, 1.165) is 37.6 Å². The van der Waals surface area contributed by atoms with Crippen molar-refractivity contribution < 1.29 is 9.84 Å². The predicted octanol–water partition coefficient (Wildman–Crippen LogP) is 2.84. The molecular formula is C17H20N2O2. The van der Waals surface area contributed by atoms with Gasteiger partial charge in [0.15, 0.2) is 0 Å². The summed E-state index contributed by atoms with van der Waals surface area (Å²) in [6.45, 7) is 3.97. The van der Waals surface area contributed by atoms with Crippen LogP contribution in [-0.2, 0) is 11.3 Å². The normalized spacial score (nSPS) is 15.0. The second kappa shape index (κ2) is 6.50. The lowest BCUT2D eigenvalue weighted by atomic mass is 10.2. The lowest BCUT2D eigenvalue weighted by molar-refractivity contribution is 0.123. The highest BCUT2D eigenvalue weighted by molar-refractivity contribution is 5.70. The molecule has 0 aliphatic carbocycles. The molecule has 1 aliphatic heterocycles.